The molecule has 9 nitrogen and oxygen atoms in total. The summed E-state index contributed by atoms with van der Waals surface area (Å²) in [6.45, 7) is 4.49. The monoisotopic (exact) mass is 533 g/mol. The van der Waals surface area contributed by atoms with Crippen LogP contribution in [0.25, 0.3) is 11.0 Å². The first-order chi connectivity index (χ1) is 17.8. The maximum atomic E-state index is 12.5. The van der Waals surface area contributed by atoms with Gasteiger partial charge in [-0.1, -0.05) is 35.0 Å². The Bertz CT molecular complexity index is 1620. The van der Waals surface area contributed by atoms with Gasteiger partial charge in [0.2, 0.25) is 5.95 Å². The highest BCUT2D eigenvalue weighted by atomic mass is 35.5. The van der Waals surface area contributed by atoms with Gasteiger partial charge in [0.25, 0.3) is 11.8 Å². The first-order valence-electron chi connectivity index (χ1n) is 11.5. The lowest BCUT2D eigenvalue weighted by Crippen LogP contribution is -2.30. The molecular weight excluding hydrogens is 513 g/mol. The van der Waals surface area contributed by atoms with E-state index in [2.05, 4.69) is 31.8 Å². The molecule has 5 rings (SSSR count). The van der Waals surface area contributed by atoms with E-state index in [4.69, 9.17) is 28.9 Å². The number of anilines is 1. The van der Waals surface area contributed by atoms with Crippen LogP contribution in [0.4, 0.5) is 5.95 Å². The summed E-state index contributed by atoms with van der Waals surface area (Å²) in [6.07, 6.45) is 7.47. The predicted octanol–water partition coefficient (Wildman–Crippen LogP) is 4.20. The molecule has 186 valence electrons. The summed E-state index contributed by atoms with van der Waals surface area (Å²) in [5.41, 5.74) is 10.3. The average molecular weight is 534 g/mol. The molecule has 0 bridgehead atoms. The average Bonchev–Trinajstić information content (AvgIpc) is 3.34. The molecule has 11 heteroatoms. The number of aryl methyl sites for hydroxylation is 1. The molecule has 2 N–H and O–H groups in total. The number of hydrogen-bond acceptors (Lipinski definition) is 7. The molecule has 0 atom stereocenters. The Morgan fingerprint density at radius 2 is 1.86 bits per heavy atom. The van der Waals surface area contributed by atoms with Crippen molar-refractivity contribution in [2.45, 2.75) is 33.2 Å². The number of imide groups is 1. The van der Waals surface area contributed by atoms with E-state index in [-0.39, 0.29) is 29.5 Å². The standard InChI is InChI=1S/C26H21Cl2N7O2/c1-14-10-31-19(15(2)21(14)27)13-34-12-16(20-22(28)32-26(29)33-23(20)34)6-4-3-5-9-35-24(36)17-7-8-30-11-18(17)25(35)37/h7-8,10-12H,3,5,9,13H2,1-2H3,(H2,29,32,33). The fraction of sp³-hybridized carbons (Fsp3) is 0.231. The van der Waals surface area contributed by atoms with Crippen LogP contribution in [-0.2, 0) is 6.54 Å². The van der Waals surface area contributed by atoms with Crippen LogP contribution < -0.4 is 5.73 Å². The summed E-state index contributed by atoms with van der Waals surface area (Å²) < 4.78 is 1.87. The third-order valence-electron chi connectivity index (χ3n) is 6.21. The van der Waals surface area contributed by atoms with Gasteiger partial charge in [-0.25, -0.2) is 4.98 Å². The van der Waals surface area contributed by atoms with Crippen molar-refractivity contribution in [1.82, 2.24) is 29.4 Å². The van der Waals surface area contributed by atoms with Gasteiger partial charge in [-0.05, 0) is 37.5 Å². The van der Waals surface area contributed by atoms with Crippen LogP contribution in [0.2, 0.25) is 10.2 Å². The summed E-state index contributed by atoms with van der Waals surface area (Å²) in [7, 11) is 0. The highest BCUT2D eigenvalue weighted by Crippen LogP contribution is 2.29. The van der Waals surface area contributed by atoms with Crippen LogP contribution in [0, 0.1) is 25.7 Å². The Morgan fingerprint density at radius 1 is 1.08 bits per heavy atom. The zero-order chi connectivity index (χ0) is 26.3. The summed E-state index contributed by atoms with van der Waals surface area (Å²) in [5, 5.41) is 1.46. The van der Waals surface area contributed by atoms with E-state index in [0.717, 1.165) is 16.8 Å². The number of carbonyl (C=O) groups is 2. The van der Waals surface area contributed by atoms with Gasteiger partial charge >= 0.3 is 0 Å². The van der Waals surface area contributed by atoms with Crippen molar-refractivity contribution in [1.29, 1.82) is 0 Å². The molecule has 0 aliphatic carbocycles. The number of carbonyl (C=O) groups excluding carboxylic acids is 2. The second-order valence-corrected chi connectivity index (χ2v) is 9.39. The Labute approximate surface area is 222 Å². The normalized spacial score (nSPS) is 12.7. The van der Waals surface area contributed by atoms with E-state index < -0.39 is 0 Å². The van der Waals surface area contributed by atoms with E-state index in [9.17, 15) is 9.59 Å². The van der Waals surface area contributed by atoms with E-state index in [1.807, 2.05) is 24.6 Å². The van der Waals surface area contributed by atoms with E-state index in [1.165, 1.54) is 17.3 Å². The third kappa shape index (κ3) is 4.50. The highest BCUT2D eigenvalue weighted by molar-refractivity contribution is 6.34. The zero-order valence-electron chi connectivity index (χ0n) is 20.0. The third-order valence-corrected chi connectivity index (χ3v) is 7.07. The Kier molecular flexibility index (Phi) is 6.54. The van der Waals surface area contributed by atoms with Crippen molar-refractivity contribution >= 4 is 52.0 Å². The van der Waals surface area contributed by atoms with Crippen LogP contribution in [0.5, 0.6) is 0 Å². The number of nitrogens with two attached hydrogens (primary N) is 1. The van der Waals surface area contributed by atoms with Crippen LogP contribution in [0.15, 0.2) is 30.9 Å². The molecule has 0 unspecified atom stereocenters. The first kappa shape index (κ1) is 24.7. The molecule has 1 aliphatic rings. The zero-order valence-corrected chi connectivity index (χ0v) is 21.6. The molecule has 37 heavy (non-hydrogen) atoms. The molecule has 0 saturated heterocycles. The minimum absolute atomic E-state index is 0.0547. The lowest BCUT2D eigenvalue weighted by Gasteiger charge is -2.12. The molecule has 2 amide bonds. The number of fused-ring (bicyclic) bond motifs is 2. The van der Waals surface area contributed by atoms with Crippen molar-refractivity contribution in [3.63, 3.8) is 0 Å². The number of aromatic nitrogens is 5. The molecule has 0 saturated carbocycles. The summed E-state index contributed by atoms with van der Waals surface area (Å²) >= 11 is 12.9. The Hall–Kier alpha value is -4.00. The maximum Gasteiger partial charge on any atom is 0.263 e. The van der Waals surface area contributed by atoms with Crippen LogP contribution in [0.1, 0.15) is 55.9 Å². The molecular formula is C26H21Cl2N7O2. The summed E-state index contributed by atoms with van der Waals surface area (Å²) in [5.74, 6) is 5.66. The van der Waals surface area contributed by atoms with Crippen molar-refractivity contribution in [3.05, 3.63) is 74.5 Å². The van der Waals surface area contributed by atoms with Crippen LogP contribution in [-0.4, -0.2) is 47.8 Å². The van der Waals surface area contributed by atoms with Gasteiger partial charge in [0.05, 0.1) is 34.3 Å². The lowest BCUT2D eigenvalue weighted by molar-refractivity contribution is 0.0653. The number of pyridine rings is 2. The minimum atomic E-state index is -0.328. The molecule has 4 aromatic rings. The quantitative estimate of drug-likeness (QED) is 0.176. The smallest absolute Gasteiger partial charge is 0.263 e. The molecule has 0 fully saturated rings. The number of amides is 2. The van der Waals surface area contributed by atoms with Gasteiger partial charge in [-0.15, -0.1) is 0 Å². The fourth-order valence-electron chi connectivity index (χ4n) is 4.27. The molecule has 0 spiro atoms. The van der Waals surface area contributed by atoms with Crippen molar-refractivity contribution < 1.29 is 9.59 Å². The second kappa shape index (κ2) is 9.81. The number of unbranched alkanes of at least 4 members (excludes halogenated alkanes) is 1. The van der Waals surface area contributed by atoms with Crippen molar-refractivity contribution in [2.24, 2.45) is 0 Å². The van der Waals surface area contributed by atoms with Crippen LogP contribution >= 0.6 is 23.2 Å². The fourth-order valence-corrected chi connectivity index (χ4v) is 4.70. The van der Waals surface area contributed by atoms with Gasteiger partial charge in [0.15, 0.2) is 0 Å². The number of hydrogen-bond donors (Lipinski definition) is 1. The van der Waals surface area contributed by atoms with E-state index in [0.29, 0.717) is 52.1 Å². The number of halogens is 2. The topological polar surface area (TPSA) is 120 Å². The predicted molar refractivity (Wildman–Crippen MR) is 140 cm³/mol. The van der Waals surface area contributed by atoms with Gasteiger partial charge in [0, 0.05) is 42.8 Å². The number of nitrogens with zero attached hydrogens (tertiary/aromatic N) is 6. The van der Waals surface area contributed by atoms with E-state index >= 15 is 0 Å². The number of nitrogen functional groups attached to an aromatic ring is 1. The highest BCUT2D eigenvalue weighted by Gasteiger charge is 2.34. The van der Waals surface area contributed by atoms with Crippen molar-refractivity contribution in [3.8, 4) is 11.8 Å². The SMILES string of the molecule is Cc1cnc(Cn2cc(C#CCCCN3C(=O)c4ccncc4C3=O)c3c(Cl)nc(N)nc32)c(C)c1Cl. The molecule has 5 heterocycles. The minimum Gasteiger partial charge on any atom is -0.368 e. The summed E-state index contributed by atoms with van der Waals surface area (Å²) in [6, 6.07) is 1.56. The first-order valence-corrected chi connectivity index (χ1v) is 12.2. The largest absolute Gasteiger partial charge is 0.368 e. The Morgan fingerprint density at radius 3 is 2.65 bits per heavy atom. The van der Waals surface area contributed by atoms with Crippen molar-refractivity contribution in [2.75, 3.05) is 12.3 Å². The van der Waals surface area contributed by atoms with Gasteiger partial charge in [-0.3, -0.25) is 24.5 Å². The second-order valence-electron chi connectivity index (χ2n) is 8.66. The summed E-state index contributed by atoms with van der Waals surface area (Å²) in [4.78, 5) is 43.2. The van der Waals surface area contributed by atoms with Crippen LogP contribution in [0.3, 0.4) is 0 Å². The van der Waals surface area contributed by atoms with E-state index in [1.54, 1.807) is 12.3 Å². The molecule has 0 aromatic carbocycles. The molecule has 1 aliphatic heterocycles. The number of rotatable bonds is 5. The van der Waals surface area contributed by atoms with Gasteiger partial charge in [-0.2, -0.15) is 4.98 Å². The van der Waals surface area contributed by atoms with Gasteiger partial charge < -0.3 is 10.3 Å². The van der Waals surface area contributed by atoms with Gasteiger partial charge in [0.1, 0.15) is 10.8 Å². The molecule has 0 radical (unpaired) electrons. The maximum absolute atomic E-state index is 12.5. The Balaban J connectivity index is 1.36. The molecule has 4 aromatic heterocycles. The lowest BCUT2D eigenvalue weighted by atomic mass is 10.1.